The zero-order chi connectivity index (χ0) is 14.7. The Balaban J connectivity index is 1.62. The van der Waals surface area contributed by atoms with Crippen LogP contribution in [0.25, 0.3) is 0 Å². The number of carbonyl (C=O) groups is 2. The quantitative estimate of drug-likeness (QED) is 0.887. The van der Waals surface area contributed by atoms with Gasteiger partial charge in [0, 0.05) is 31.5 Å². The van der Waals surface area contributed by atoms with Crippen LogP contribution < -0.4 is 5.32 Å². The Kier molecular flexibility index (Phi) is 3.90. The summed E-state index contributed by atoms with van der Waals surface area (Å²) in [7, 11) is 0. The van der Waals surface area contributed by atoms with Gasteiger partial charge in [-0.3, -0.25) is 14.6 Å². The van der Waals surface area contributed by atoms with E-state index in [9.17, 15) is 9.59 Å². The fraction of sp³-hybridized carbons (Fsp3) is 0.562. The number of rotatable bonds is 2. The largest absolute Gasteiger partial charge is 0.356 e. The van der Waals surface area contributed by atoms with Crippen LogP contribution in [0.4, 0.5) is 0 Å². The van der Waals surface area contributed by atoms with E-state index in [0.29, 0.717) is 13.0 Å². The van der Waals surface area contributed by atoms with Crippen molar-refractivity contribution in [1.82, 2.24) is 15.2 Å². The van der Waals surface area contributed by atoms with Crippen LogP contribution in [-0.4, -0.2) is 41.3 Å². The van der Waals surface area contributed by atoms with Crippen molar-refractivity contribution < 1.29 is 9.59 Å². The predicted octanol–water partition coefficient (Wildman–Crippen LogP) is 1.14. The molecule has 2 amide bonds. The van der Waals surface area contributed by atoms with Crippen molar-refractivity contribution in [1.29, 1.82) is 0 Å². The van der Waals surface area contributed by atoms with E-state index in [2.05, 4.69) is 10.3 Å². The summed E-state index contributed by atoms with van der Waals surface area (Å²) in [4.78, 5) is 30.5. The predicted molar refractivity (Wildman–Crippen MR) is 78.4 cm³/mol. The molecule has 0 saturated carbocycles. The van der Waals surface area contributed by atoms with Gasteiger partial charge in [0.15, 0.2) is 0 Å². The van der Waals surface area contributed by atoms with Crippen molar-refractivity contribution >= 4 is 11.8 Å². The molecule has 3 heterocycles. The molecule has 21 heavy (non-hydrogen) atoms. The van der Waals surface area contributed by atoms with Crippen LogP contribution in [0, 0.1) is 5.41 Å². The first-order valence-corrected chi connectivity index (χ1v) is 7.66. The van der Waals surface area contributed by atoms with Gasteiger partial charge in [0.25, 0.3) is 0 Å². The lowest BCUT2D eigenvalue weighted by molar-refractivity contribution is -0.132. The van der Waals surface area contributed by atoms with Crippen LogP contribution in [-0.2, 0) is 16.0 Å². The summed E-state index contributed by atoms with van der Waals surface area (Å²) in [5.41, 5.74) is 0.583. The second-order valence-electron chi connectivity index (χ2n) is 6.02. The van der Waals surface area contributed by atoms with E-state index in [1.54, 1.807) is 6.20 Å². The number of aromatic nitrogens is 1. The number of nitrogens with one attached hydrogen (secondary N) is 1. The lowest BCUT2D eigenvalue weighted by atomic mass is 9.79. The minimum absolute atomic E-state index is 0.115. The van der Waals surface area contributed by atoms with Crippen LogP contribution in [0.2, 0.25) is 0 Å². The number of hydrogen-bond donors (Lipinski definition) is 1. The van der Waals surface area contributed by atoms with Gasteiger partial charge in [0.05, 0.1) is 11.8 Å². The van der Waals surface area contributed by atoms with Crippen LogP contribution in [0.5, 0.6) is 0 Å². The van der Waals surface area contributed by atoms with E-state index in [1.807, 2.05) is 23.1 Å². The summed E-state index contributed by atoms with van der Waals surface area (Å²) in [5, 5.41) is 2.94. The lowest BCUT2D eigenvalue weighted by Gasteiger charge is -2.24. The maximum absolute atomic E-state index is 12.4. The Hall–Kier alpha value is -1.91. The molecule has 0 aromatic carbocycles. The molecule has 0 radical (unpaired) electrons. The van der Waals surface area contributed by atoms with Crippen molar-refractivity contribution in [3.05, 3.63) is 30.1 Å². The monoisotopic (exact) mass is 287 g/mol. The van der Waals surface area contributed by atoms with E-state index >= 15 is 0 Å². The van der Waals surface area contributed by atoms with Crippen LogP contribution in [0.3, 0.4) is 0 Å². The first kappa shape index (κ1) is 14.0. The smallest absolute Gasteiger partial charge is 0.228 e. The molecule has 2 fully saturated rings. The highest BCUT2D eigenvalue weighted by atomic mass is 16.2. The highest BCUT2D eigenvalue weighted by Gasteiger charge is 2.43. The minimum atomic E-state index is -0.222. The van der Waals surface area contributed by atoms with Crippen LogP contribution in [0.1, 0.15) is 31.4 Å². The number of carbonyl (C=O) groups excluding carboxylic acids is 2. The molecule has 3 rings (SSSR count). The van der Waals surface area contributed by atoms with Crippen molar-refractivity contribution in [2.24, 2.45) is 5.41 Å². The van der Waals surface area contributed by atoms with Gasteiger partial charge in [-0.1, -0.05) is 6.07 Å². The number of likely N-dealkylation sites (tertiary alicyclic amines) is 1. The third kappa shape index (κ3) is 2.91. The van der Waals surface area contributed by atoms with E-state index in [4.69, 9.17) is 0 Å². The number of pyridine rings is 1. The van der Waals surface area contributed by atoms with E-state index in [1.165, 1.54) is 0 Å². The summed E-state index contributed by atoms with van der Waals surface area (Å²) in [6.07, 6.45) is 5.55. The van der Waals surface area contributed by atoms with E-state index in [-0.39, 0.29) is 17.2 Å². The highest BCUT2D eigenvalue weighted by molar-refractivity contribution is 5.85. The highest BCUT2D eigenvalue weighted by Crippen LogP contribution is 2.38. The summed E-state index contributed by atoms with van der Waals surface area (Å²) >= 11 is 0. The average Bonchev–Trinajstić information content (AvgIpc) is 2.72. The van der Waals surface area contributed by atoms with Gasteiger partial charge in [-0.15, -0.1) is 0 Å². The molecule has 0 unspecified atom stereocenters. The van der Waals surface area contributed by atoms with Crippen molar-refractivity contribution in [3.63, 3.8) is 0 Å². The third-order valence-corrected chi connectivity index (χ3v) is 4.73. The normalized spacial score (nSPS) is 25.7. The molecule has 1 aromatic heterocycles. The second kappa shape index (κ2) is 5.84. The fourth-order valence-corrected chi connectivity index (χ4v) is 3.41. The lowest BCUT2D eigenvalue weighted by Crippen LogP contribution is -2.35. The fourth-order valence-electron chi connectivity index (χ4n) is 3.41. The average molecular weight is 287 g/mol. The van der Waals surface area contributed by atoms with Crippen LogP contribution >= 0.6 is 0 Å². The first-order valence-electron chi connectivity index (χ1n) is 7.66. The number of hydrogen-bond acceptors (Lipinski definition) is 3. The first-order chi connectivity index (χ1) is 10.2. The zero-order valence-electron chi connectivity index (χ0n) is 12.2. The summed E-state index contributed by atoms with van der Waals surface area (Å²) in [6, 6.07) is 5.62. The molecule has 1 atom stereocenters. The molecule has 1 N–H and O–H groups in total. The molecular formula is C16H21N3O2. The van der Waals surface area contributed by atoms with Crippen molar-refractivity contribution in [2.45, 2.75) is 32.1 Å². The molecular weight excluding hydrogens is 266 g/mol. The third-order valence-electron chi connectivity index (χ3n) is 4.73. The Morgan fingerprint density at radius 2 is 2.19 bits per heavy atom. The maximum atomic E-state index is 12.4. The Morgan fingerprint density at radius 3 is 2.90 bits per heavy atom. The Bertz CT molecular complexity index is 532. The van der Waals surface area contributed by atoms with Gasteiger partial charge >= 0.3 is 0 Å². The number of nitrogens with zero attached hydrogens (tertiary/aromatic N) is 2. The van der Waals surface area contributed by atoms with Crippen molar-refractivity contribution in [2.75, 3.05) is 19.6 Å². The molecule has 0 aliphatic carbocycles. The molecule has 112 valence electrons. The van der Waals surface area contributed by atoms with E-state index < -0.39 is 0 Å². The number of amides is 2. The van der Waals surface area contributed by atoms with Crippen molar-refractivity contribution in [3.8, 4) is 0 Å². The van der Waals surface area contributed by atoms with Gasteiger partial charge in [0.1, 0.15) is 0 Å². The SMILES string of the molecule is O=C(Cc1ccccn1)N1CCC[C@]2(CCNC2=O)CC1. The molecule has 5 heteroatoms. The summed E-state index contributed by atoms with van der Waals surface area (Å²) in [6.45, 7) is 2.21. The van der Waals surface area contributed by atoms with Gasteiger partial charge in [0.2, 0.25) is 11.8 Å². The van der Waals surface area contributed by atoms with Gasteiger partial charge in [-0.05, 0) is 37.8 Å². The molecule has 5 nitrogen and oxygen atoms in total. The minimum Gasteiger partial charge on any atom is -0.356 e. The molecule has 0 bridgehead atoms. The Labute approximate surface area is 124 Å². The summed E-state index contributed by atoms with van der Waals surface area (Å²) < 4.78 is 0. The van der Waals surface area contributed by atoms with E-state index in [0.717, 1.165) is 44.5 Å². The standard InChI is InChI=1S/C16H21N3O2/c20-14(12-13-4-1-2-8-17-13)19-10-3-5-16(7-11-19)6-9-18-15(16)21/h1-2,4,8H,3,5-7,9-12H2,(H,18,21)/t16-/m0/s1. The van der Waals surface area contributed by atoms with Gasteiger partial charge < -0.3 is 10.2 Å². The molecule has 2 saturated heterocycles. The zero-order valence-corrected chi connectivity index (χ0v) is 12.2. The van der Waals surface area contributed by atoms with Gasteiger partial charge in [-0.25, -0.2) is 0 Å². The maximum Gasteiger partial charge on any atom is 0.228 e. The Morgan fingerprint density at radius 1 is 1.29 bits per heavy atom. The topological polar surface area (TPSA) is 62.3 Å². The van der Waals surface area contributed by atoms with Gasteiger partial charge in [-0.2, -0.15) is 0 Å². The molecule has 1 aromatic rings. The van der Waals surface area contributed by atoms with Crippen LogP contribution in [0.15, 0.2) is 24.4 Å². The molecule has 2 aliphatic rings. The molecule has 2 aliphatic heterocycles. The second-order valence-corrected chi connectivity index (χ2v) is 6.02. The molecule has 1 spiro atoms. The summed E-state index contributed by atoms with van der Waals surface area (Å²) in [5.74, 6) is 0.297.